The molecule has 0 aliphatic carbocycles. The Hall–Kier alpha value is -1.28. The minimum atomic E-state index is -4.83. The van der Waals surface area contributed by atoms with E-state index in [2.05, 4.69) is 4.98 Å². The van der Waals surface area contributed by atoms with Gasteiger partial charge in [0.25, 0.3) is 0 Å². The van der Waals surface area contributed by atoms with Crippen molar-refractivity contribution in [3.63, 3.8) is 0 Å². The topological polar surface area (TPSA) is 39.2 Å². The predicted octanol–water partition coefficient (Wildman–Crippen LogP) is 5.05. The van der Waals surface area contributed by atoms with Gasteiger partial charge in [0.2, 0.25) is 0 Å². The van der Waals surface area contributed by atoms with Crippen LogP contribution in [0.1, 0.15) is 49.9 Å². The molecular formula is C15H21F4NO2Si. The summed E-state index contributed by atoms with van der Waals surface area (Å²) >= 11 is 0. The first kappa shape index (κ1) is 19.8. The Morgan fingerprint density at radius 2 is 1.78 bits per heavy atom. The third-order valence-corrected chi connectivity index (χ3v) is 8.50. The van der Waals surface area contributed by atoms with E-state index >= 15 is 0 Å². The zero-order chi connectivity index (χ0) is 18.2. The normalized spacial score (nSPS) is 14.7. The lowest BCUT2D eigenvalue weighted by Gasteiger charge is -2.39. The molecule has 0 aliphatic heterocycles. The number of halogens is 4. The van der Waals surface area contributed by atoms with Crippen LogP contribution in [0.5, 0.6) is 0 Å². The third kappa shape index (κ3) is 4.38. The quantitative estimate of drug-likeness (QED) is 0.433. The maximum atomic E-state index is 14.3. The minimum Gasteiger partial charge on any atom is -0.401 e. The molecule has 0 amide bonds. The lowest BCUT2D eigenvalue weighted by atomic mass is 10.1. The summed E-state index contributed by atoms with van der Waals surface area (Å²) in [6.07, 6.45) is -6.34. The second-order valence-corrected chi connectivity index (χ2v) is 11.7. The number of alkyl halides is 3. The maximum absolute atomic E-state index is 14.3. The molecule has 1 unspecified atom stereocenters. The van der Waals surface area contributed by atoms with E-state index in [-0.39, 0.29) is 0 Å². The van der Waals surface area contributed by atoms with Gasteiger partial charge in [-0.3, -0.25) is 9.78 Å². The van der Waals surface area contributed by atoms with Crippen LogP contribution >= 0.6 is 0 Å². The highest BCUT2D eigenvalue weighted by molar-refractivity contribution is 6.74. The van der Waals surface area contributed by atoms with Crippen LogP contribution < -0.4 is 0 Å². The van der Waals surface area contributed by atoms with Crippen molar-refractivity contribution in [3.8, 4) is 0 Å². The second kappa shape index (κ2) is 6.31. The van der Waals surface area contributed by atoms with E-state index in [4.69, 9.17) is 4.43 Å². The number of carbonyl (C=O) groups is 1. The molecular weight excluding hydrogens is 330 g/mol. The fourth-order valence-corrected chi connectivity index (χ4v) is 2.85. The van der Waals surface area contributed by atoms with E-state index in [1.165, 1.54) is 0 Å². The molecule has 0 saturated heterocycles. The number of Topliss-reactive ketones (excluding diaryl/α,β-unsaturated/α-hetero) is 1. The zero-order valence-corrected chi connectivity index (χ0v) is 15.0. The average molecular weight is 351 g/mol. The predicted molar refractivity (Wildman–Crippen MR) is 81.3 cm³/mol. The number of nitrogens with zero attached hydrogens (tertiary/aromatic N) is 1. The molecule has 3 nitrogen and oxygen atoms in total. The van der Waals surface area contributed by atoms with Crippen molar-refractivity contribution in [2.24, 2.45) is 0 Å². The molecule has 8 heteroatoms. The molecule has 0 saturated carbocycles. The van der Waals surface area contributed by atoms with Crippen LogP contribution in [0.2, 0.25) is 18.1 Å². The maximum Gasteiger partial charge on any atom is 0.419 e. The van der Waals surface area contributed by atoms with Crippen molar-refractivity contribution in [3.05, 3.63) is 29.3 Å². The summed E-state index contributed by atoms with van der Waals surface area (Å²) in [6, 6.07) is 1.06. The number of carbonyl (C=O) groups excluding carboxylic acids is 1. The number of hydrogen-bond acceptors (Lipinski definition) is 3. The van der Waals surface area contributed by atoms with Crippen LogP contribution in [0.4, 0.5) is 17.6 Å². The van der Waals surface area contributed by atoms with E-state index < -0.39 is 48.5 Å². The molecule has 0 spiro atoms. The molecule has 0 aliphatic rings. The van der Waals surface area contributed by atoms with Gasteiger partial charge in [-0.25, -0.2) is 4.39 Å². The minimum absolute atomic E-state index is 0.428. The van der Waals surface area contributed by atoms with Gasteiger partial charge in [0.15, 0.2) is 26.0 Å². The van der Waals surface area contributed by atoms with E-state index in [0.29, 0.717) is 0 Å². The molecule has 0 radical (unpaired) electrons. The van der Waals surface area contributed by atoms with Crippen molar-refractivity contribution in [1.82, 2.24) is 4.98 Å². The highest BCUT2D eigenvalue weighted by Gasteiger charge is 2.50. The lowest BCUT2D eigenvalue weighted by molar-refractivity contribution is -0.203. The number of aromatic nitrogens is 1. The van der Waals surface area contributed by atoms with E-state index in [1.54, 1.807) is 33.9 Å². The molecule has 1 rings (SSSR count). The summed E-state index contributed by atoms with van der Waals surface area (Å²) in [4.78, 5) is 14.9. The van der Waals surface area contributed by atoms with Gasteiger partial charge < -0.3 is 4.43 Å². The van der Waals surface area contributed by atoms with Crippen LogP contribution in [-0.4, -0.2) is 25.3 Å². The summed E-state index contributed by atoms with van der Waals surface area (Å²) in [6.45, 7) is 9.70. The largest absolute Gasteiger partial charge is 0.419 e. The van der Waals surface area contributed by atoms with Gasteiger partial charge in [-0.2, -0.15) is 13.2 Å². The number of pyridine rings is 1. The van der Waals surface area contributed by atoms with Crippen molar-refractivity contribution in [1.29, 1.82) is 0 Å². The van der Waals surface area contributed by atoms with Gasteiger partial charge in [-0.15, -0.1) is 0 Å². The molecule has 1 aromatic heterocycles. The Labute approximate surface area is 134 Å². The van der Waals surface area contributed by atoms with Crippen molar-refractivity contribution in [2.75, 3.05) is 0 Å². The van der Waals surface area contributed by atoms with Gasteiger partial charge in [-0.05, 0) is 31.1 Å². The van der Waals surface area contributed by atoms with Crippen LogP contribution in [0.15, 0.2) is 12.3 Å². The van der Waals surface area contributed by atoms with E-state index in [1.807, 2.05) is 0 Å². The Morgan fingerprint density at radius 3 is 2.17 bits per heavy atom. The summed E-state index contributed by atoms with van der Waals surface area (Å²) in [5.74, 6) is -1.94. The number of hydrogen-bond donors (Lipinski definition) is 0. The third-order valence-electron chi connectivity index (χ3n) is 4.06. The van der Waals surface area contributed by atoms with E-state index in [0.717, 1.165) is 19.2 Å². The molecule has 1 heterocycles. The van der Waals surface area contributed by atoms with Gasteiger partial charge in [0.05, 0.1) is 5.56 Å². The first-order valence-corrected chi connectivity index (χ1v) is 9.99. The SMILES string of the molecule is CC(=O)c1ccnc(C(O[Si](C)(C)C(C)(C)C)C(F)(F)F)c1F. The monoisotopic (exact) mass is 351 g/mol. The van der Waals surface area contributed by atoms with Crippen LogP contribution in [0, 0.1) is 5.82 Å². The van der Waals surface area contributed by atoms with Gasteiger partial charge in [0.1, 0.15) is 5.69 Å². The summed E-state index contributed by atoms with van der Waals surface area (Å²) < 4.78 is 60.0. The van der Waals surface area contributed by atoms with Crippen molar-refractivity contribution < 1.29 is 26.8 Å². The Kier molecular flexibility index (Phi) is 5.42. The molecule has 0 aromatic carbocycles. The summed E-state index contributed by atoms with van der Waals surface area (Å²) in [7, 11) is -2.84. The fraction of sp³-hybridized carbons (Fsp3) is 0.600. The Morgan fingerprint density at radius 1 is 1.26 bits per heavy atom. The van der Waals surface area contributed by atoms with Crippen LogP contribution in [0.3, 0.4) is 0 Å². The van der Waals surface area contributed by atoms with Gasteiger partial charge in [-0.1, -0.05) is 20.8 Å². The number of rotatable bonds is 4. The zero-order valence-electron chi connectivity index (χ0n) is 14.0. The van der Waals surface area contributed by atoms with Crippen LogP contribution in [-0.2, 0) is 4.43 Å². The molecule has 0 N–H and O–H groups in total. The standard InChI is InChI=1S/C15H21F4NO2Si/c1-9(21)10-7-8-20-12(11(10)16)13(15(17,18)19)22-23(5,6)14(2,3)4/h7-8,13H,1-6H3. The first-order valence-electron chi connectivity index (χ1n) is 7.08. The van der Waals surface area contributed by atoms with Crippen molar-refractivity contribution >= 4 is 14.1 Å². The molecule has 0 fully saturated rings. The summed E-state index contributed by atoms with van der Waals surface area (Å²) in [5, 5.41) is -0.495. The molecule has 1 atom stereocenters. The molecule has 0 bridgehead atoms. The lowest BCUT2D eigenvalue weighted by Crippen LogP contribution is -2.45. The van der Waals surface area contributed by atoms with E-state index in [9.17, 15) is 22.4 Å². The van der Waals surface area contributed by atoms with Gasteiger partial charge >= 0.3 is 6.18 Å². The van der Waals surface area contributed by atoms with Crippen LogP contribution in [0.25, 0.3) is 0 Å². The fourth-order valence-electron chi connectivity index (χ4n) is 1.66. The average Bonchev–Trinajstić information content (AvgIpc) is 2.33. The van der Waals surface area contributed by atoms with Crippen molar-refractivity contribution in [2.45, 2.75) is 58.1 Å². The summed E-state index contributed by atoms with van der Waals surface area (Å²) in [5.41, 5.74) is -1.32. The highest BCUT2D eigenvalue weighted by atomic mass is 28.4. The Bertz CT molecular complexity index is 594. The smallest absolute Gasteiger partial charge is 0.401 e. The first-order chi connectivity index (χ1) is 10.2. The highest BCUT2D eigenvalue weighted by Crippen LogP contribution is 2.44. The van der Waals surface area contributed by atoms with Gasteiger partial charge in [0, 0.05) is 6.20 Å². The molecule has 1 aromatic rings. The molecule has 23 heavy (non-hydrogen) atoms. The Balaban J connectivity index is 3.41. The second-order valence-electron chi connectivity index (χ2n) is 6.91. The number of ketones is 1. The molecule has 130 valence electrons.